The number of piperazine rings is 1. The third kappa shape index (κ3) is 5.34. The third-order valence-corrected chi connectivity index (χ3v) is 6.58. The Bertz CT molecular complexity index is 1320. The first-order valence-electron chi connectivity index (χ1n) is 12.5. The fourth-order valence-electron chi connectivity index (χ4n) is 4.59. The molecule has 0 radical (unpaired) electrons. The number of hydrogen-bond acceptors (Lipinski definition) is 7. The average Bonchev–Trinajstić information content (AvgIpc) is 2.89. The summed E-state index contributed by atoms with van der Waals surface area (Å²) in [5, 5.41) is 5.56. The van der Waals surface area contributed by atoms with Gasteiger partial charge < -0.3 is 24.7 Å². The van der Waals surface area contributed by atoms with Crippen LogP contribution in [0.3, 0.4) is 0 Å². The monoisotopic (exact) mass is 508 g/mol. The van der Waals surface area contributed by atoms with Gasteiger partial charge in [0.25, 0.3) is 5.56 Å². The molecule has 1 aliphatic heterocycles. The minimum atomic E-state index is -0.613. The molecule has 1 atom stereocenters. The first-order chi connectivity index (χ1) is 17.7. The van der Waals surface area contributed by atoms with E-state index in [2.05, 4.69) is 17.3 Å². The van der Waals surface area contributed by atoms with E-state index in [0.29, 0.717) is 47.0 Å². The van der Waals surface area contributed by atoms with E-state index >= 15 is 0 Å². The molecule has 1 unspecified atom stereocenters. The van der Waals surface area contributed by atoms with Crippen molar-refractivity contribution in [2.24, 2.45) is 0 Å². The first kappa shape index (κ1) is 26.3. The molecular formula is C27H36N6O4. The molecule has 10 heteroatoms. The summed E-state index contributed by atoms with van der Waals surface area (Å²) < 4.78 is 12.7. The van der Waals surface area contributed by atoms with Crippen LogP contribution < -0.4 is 30.3 Å². The maximum atomic E-state index is 13.9. The van der Waals surface area contributed by atoms with Gasteiger partial charge in [-0.1, -0.05) is 12.1 Å². The fourth-order valence-corrected chi connectivity index (χ4v) is 4.59. The van der Waals surface area contributed by atoms with Crippen molar-refractivity contribution in [2.75, 3.05) is 57.4 Å². The smallest absolute Gasteiger partial charge is 0.322 e. The van der Waals surface area contributed by atoms with Gasteiger partial charge in [0.2, 0.25) is 0 Å². The van der Waals surface area contributed by atoms with E-state index < -0.39 is 6.04 Å². The van der Waals surface area contributed by atoms with E-state index in [1.54, 1.807) is 48.1 Å². The number of methoxy groups -OCH3 is 2. The van der Waals surface area contributed by atoms with Crippen LogP contribution in [0.4, 0.5) is 10.5 Å². The van der Waals surface area contributed by atoms with Gasteiger partial charge in [-0.15, -0.1) is 0 Å². The second-order valence-electron chi connectivity index (χ2n) is 9.55. The highest BCUT2D eigenvalue weighted by molar-refractivity contribution is 5.94. The van der Waals surface area contributed by atoms with Crippen molar-refractivity contribution in [3.8, 4) is 11.5 Å². The van der Waals surface area contributed by atoms with Crippen LogP contribution >= 0.6 is 0 Å². The van der Waals surface area contributed by atoms with E-state index in [4.69, 9.17) is 14.5 Å². The van der Waals surface area contributed by atoms with Crippen LogP contribution in [0.2, 0.25) is 0 Å². The molecule has 198 valence electrons. The Morgan fingerprint density at radius 3 is 2.38 bits per heavy atom. The highest BCUT2D eigenvalue weighted by atomic mass is 16.5. The molecule has 0 saturated carbocycles. The SMILES string of the molecule is COc1ccc(N(C(=O)NC(C)C)C(C)c2nc3ccccc3c(=O)n2N2CCN(C)CC2)c(OC)c1. The van der Waals surface area contributed by atoms with Gasteiger partial charge in [-0.3, -0.25) is 9.69 Å². The Hall–Kier alpha value is -3.79. The summed E-state index contributed by atoms with van der Waals surface area (Å²) >= 11 is 0. The van der Waals surface area contributed by atoms with Crippen molar-refractivity contribution < 1.29 is 14.3 Å². The lowest BCUT2D eigenvalue weighted by Gasteiger charge is -2.38. The highest BCUT2D eigenvalue weighted by Crippen LogP contribution is 2.37. The number of aromatic nitrogens is 2. The molecule has 1 fully saturated rings. The van der Waals surface area contributed by atoms with Crippen LogP contribution in [0.25, 0.3) is 10.9 Å². The molecule has 37 heavy (non-hydrogen) atoms. The summed E-state index contributed by atoms with van der Waals surface area (Å²) in [7, 11) is 5.19. The van der Waals surface area contributed by atoms with Crippen molar-refractivity contribution in [3.63, 3.8) is 0 Å². The average molecular weight is 509 g/mol. The molecule has 2 amide bonds. The minimum Gasteiger partial charge on any atom is -0.497 e. The summed E-state index contributed by atoms with van der Waals surface area (Å²) in [5.41, 5.74) is 0.981. The maximum Gasteiger partial charge on any atom is 0.322 e. The van der Waals surface area contributed by atoms with E-state index in [1.165, 1.54) is 0 Å². The van der Waals surface area contributed by atoms with Crippen molar-refractivity contribution in [3.05, 3.63) is 58.6 Å². The second-order valence-corrected chi connectivity index (χ2v) is 9.55. The van der Waals surface area contributed by atoms with Gasteiger partial charge in [0.1, 0.15) is 11.5 Å². The van der Waals surface area contributed by atoms with Crippen molar-refractivity contribution in [1.82, 2.24) is 19.9 Å². The highest BCUT2D eigenvalue weighted by Gasteiger charge is 2.32. The normalized spacial score (nSPS) is 15.1. The second kappa shape index (κ2) is 11.1. The minimum absolute atomic E-state index is 0.101. The van der Waals surface area contributed by atoms with Gasteiger partial charge in [-0.05, 0) is 52.1 Å². The molecule has 10 nitrogen and oxygen atoms in total. The lowest BCUT2D eigenvalue weighted by atomic mass is 10.1. The standard InChI is InChI=1S/C27H36N6O4/c1-18(2)28-27(35)32(23-12-11-20(36-5)17-24(23)37-6)19(3)25-29-22-10-8-7-9-21(22)26(34)33(25)31-15-13-30(4)14-16-31/h7-12,17-19H,13-16H2,1-6H3,(H,28,35). The number of carbonyl (C=O) groups excluding carboxylic acids is 1. The molecule has 2 heterocycles. The number of rotatable bonds is 7. The zero-order chi connectivity index (χ0) is 26.7. The fraction of sp³-hybridized carbons (Fsp3) is 0.444. The quantitative estimate of drug-likeness (QED) is 0.525. The molecular weight excluding hydrogens is 472 g/mol. The first-order valence-corrected chi connectivity index (χ1v) is 12.5. The number of nitrogens with one attached hydrogen (secondary N) is 1. The number of hydrogen-bond donors (Lipinski definition) is 1. The number of nitrogens with zero attached hydrogens (tertiary/aromatic N) is 5. The lowest BCUT2D eigenvalue weighted by Crippen LogP contribution is -2.55. The summed E-state index contributed by atoms with van der Waals surface area (Å²) in [6.07, 6.45) is 0. The van der Waals surface area contributed by atoms with Gasteiger partial charge in [0.15, 0.2) is 5.82 Å². The number of carbonyl (C=O) groups is 1. The van der Waals surface area contributed by atoms with Gasteiger partial charge in [-0.25, -0.2) is 14.5 Å². The van der Waals surface area contributed by atoms with Crippen LogP contribution in [0, 0.1) is 0 Å². The van der Waals surface area contributed by atoms with Crippen molar-refractivity contribution in [1.29, 1.82) is 0 Å². The van der Waals surface area contributed by atoms with Crippen molar-refractivity contribution in [2.45, 2.75) is 32.9 Å². The van der Waals surface area contributed by atoms with E-state index in [0.717, 1.165) is 13.1 Å². The largest absolute Gasteiger partial charge is 0.497 e. The molecule has 1 aliphatic rings. The molecule has 3 aromatic rings. The Kier molecular flexibility index (Phi) is 7.87. The Morgan fingerprint density at radius 2 is 1.73 bits per heavy atom. The van der Waals surface area contributed by atoms with E-state index in [9.17, 15) is 9.59 Å². The predicted octanol–water partition coefficient (Wildman–Crippen LogP) is 2.98. The molecule has 0 aliphatic carbocycles. The van der Waals surface area contributed by atoms with Crippen LogP contribution in [0.5, 0.6) is 11.5 Å². The topological polar surface area (TPSA) is 92.2 Å². The number of para-hydroxylation sites is 1. The van der Waals surface area contributed by atoms with Gasteiger partial charge >= 0.3 is 6.03 Å². The maximum absolute atomic E-state index is 13.9. The number of amides is 2. The van der Waals surface area contributed by atoms with E-state index in [-0.39, 0.29) is 17.6 Å². The van der Waals surface area contributed by atoms with Gasteiger partial charge in [0, 0.05) is 38.3 Å². The van der Waals surface area contributed by atoms with Crippen molar-refractivity contribution >= 4 is 22.6 Å². The molecule has 4 rings (SSSR count). The number of benzene rings is 2. The zero-order valence-corrected chi connectivity index (χ0v) is 22.4. The van der Waals surface area contributed by atoms with Crippen LogP contribution in [0.15, 0.2) is 47.3 Å². The summed E-state index contributed by atoms with van der Waals surface area (Å²) in [6.45, 7) is 8.65. The van der Waals surface area contributed by atoms with Gasteiger partial charge in [-0.2, -0.15) is 0 Å². The predicted molar refractivity (Wildman–Crippen MR) is 146 cm³/mol. The molecule has 0 spiro atoms. The molecule has 1 saturated heterocycles. The zero-order valence-electron chi connectivity index (χ0n) is 22.4. The van der Waals surface area contributed by atoms with E-state index in [1.807, 2.05) is 44.0 Å². The Morgan fingerprint density at radius 1 is 1.03 bits per heavy atom. The Balaban J connectivity index is 1.92. The van der Waals surface area contributed by atoms with Crippen LogP contribution in [-0.2, 0) is 0 Å². The number of fused-ring (bicyclic) bond motifs is 1. The van der Waals surface area contributed by atoms with Crippen LogP contribution in [-0.4, -0.2) is 74.1 Å². The summed E-state index contributed by atoms with van der Waals surface area (Å²) in [4.78, 5) is 36.3. The number of ether oxygens (including phenoxy) is 2. The van der Waals surface area contributed by atoms with Gasteiger partial charge in [0.05, 0.1) is 36.9 Å². The number of urea groups is 1. The summed E-state index contributed by atoms with van der Waals surface area (Å²) in [5.74, 6) is 1.56. The molecule has 0 bridgehead atoms. The Labute approximate surface area is 217 Å². The third-order valence-electron chi connectivity index (χ3n) is 6.58. The molecule has 1 aromatic heterocycles. The molecule has 2 aromatic carbocycles. The number of likely N-dealkylation sites (N-methyl/N-ethyl adjacent to an activating group) is 1. The number of anilines is 1. The molecule has 1 N–H and O–H groups in total. The lowest BCUT2D eigenvalue weighted by molar-refractivity contribution is 0.241. The van der Waals surface area contributed by atoms with Crippen LogP contribution in [0.1, 0.15) is 32.6 Å². The summed E-state index contributed by atoms with van der Waals surface area (Å²) in [6, 6.07) is 11.6.